The highest BCUT2D eigenvalue weighted by atomic mass is 32.2. The predicted molar refractivity (Wildman–Crippen MR) is 99.0 cm³/mol. The van der Waals surface area contributed by atoms with Crippen molar-refractivity contribution in [3.8, 4) is 0 Å². The summed E-state index contributed by atoms with van der Waals surface area (Å²) in [7, 11) is 2.04. The molecule has 0 saturated heterocycles. The zero-order chi connectivity index (χ0) is 17.2. The molecule has 3 aromatic rings. The molecule has 7 heteroatoms. The van der Waals surface area contributed by atoms with Crippen molar-refractivity contribution < 1.29 is 4.79 Å². The first-order valence-electron chi connectivity index (χ1n) is 8.22. The number of carbonyl (C=O) groups excluding carboxylic acids is 1. The lowest BCUT2D eigenvalue weighted by atomic mass is 10.2. The van der Waals surface area contributed by atoms with Gasteiger partial charge in [0.05, 0.1) is 12.6 Å². The summed E-state index contributed by atoms with van der Waals surface area (Å²) in [6, 6.07) is 10.3. The van der Waals surface area contributed by atoms with Crippen molar-refractivity contribution in [2.24, 2.45) is 0 Å². The molecule has 0 unspecified atom stereocenters. The number of benzene rings is 1. The second-order valence-electron chi connectivity index (χ2n) is 6.06. The van der Waals surface area contributed by atoms with Gasteiger partial charge >= 0.3 is 0 Å². The molecule has 3 heterocycles. The van der Waals surface area contributed by atoms with E-state index in [1.807, 2.05) is 19.3 Å². The highest BCUT2D eigenvalue weighted by molar-refractivity contribution is 7.99. The van der Waals surface area contributed by atoms with Gasteiger partial charge in [-0.05, 0) is 17.7 Å². The van der Waals surface area contributed by atoms with Gasteiger partial charge in [0, 0.05) is 42.5 Å². The Morgan fingerprint density at radius 3 is 3.00 bits per heavy atom. The van der Waals surface area contributed by atoms with E-state index >= 15 is 0 Å². The summed E-state index contributed by atoms with van der Waals surface area (Å²) >= 11 is 1.77. The predicted octanol–water partition coefficient (Wildman–Crippen LogP) is 2.13. The number of nitrogens with one attached hydrogen (secondary N) is 1. The van der Waals surface area contributed by atoms with Crippen LogP contribution < -0.4 is 10.2 Å². The van der Waals surface area contributed by atoms with Crippen LogP contribution in [0.25, 0.3) is 5.65 Å². The van der Waals surface area contributed by atoms with Gasteiger partial charge < -0.3 is 10.2 Å². The molecule has 1 N–H and O–H groups in total. The van der Waals surface area contributed by atoms with E-state index < -0.39 is 0 Å². The molecule has 0 aliphatic carbocycles. The summed E-state index contributed by atoms with van der Waals surface area (Å²) < 4.78 is 1.72. The number of fused-ring (bicyclic) bond motifs is 2. The molecule has 1 aromatic carbocycles. The van der Waals surface area contributed by atoms with Crippen LogP contribution in [0.3, 0.4) is 0 Å². The highest BCUT2D eigenvalue weighted by Gasteiger charge is 2.14. The maximum atomic E-state index is 12.2. The molecule has 25 heavy (non-hydrogen) atoms. The third-order valence-electron chi connectivity index (χ3n) is 4.23. The van der Waals surface area contributed by atoms with Crippen LogP contribution in [0.2, 0.25) is 0 Å². The van der Waals surface area contributed by atoms with E-state index in [1.165, 1.54) is 10.5 Å². The Morgan fingerprint density at radius 1 is 1.20 bits per heavy atom. The summed E-state index contributed by atoms with van der Waals surface area (Å²) in [4.78, 5) is 20.3. The van der Waals surface area contributed by atoms with Gasteiger partial charge in [0.25, 0.3) is 0 Å². The van der Waals surface area contributed by atoms with Crippen LogP contribution in [-0.4, -0.2) is 39.9 Å². The van der Waals surface area contributed by atoms with Gasteiger partial charge in [-0.1, -0.05) is 18.2 Å². The van der Waals surface area contributed by atoms with E-state index in [9.17, 15) is 4.79 Å². The highest BCUT2D eigenvalue weighted by Crippen LogP contribution is 2.25. The molecular weight excluding hydrogens is 334 g/mol. The third-order valence-corrected chi connectivity index (χ3v) is 5.35. The maximum Gasteiger partial charge on any atom is 0.224 e. The minimum absolute atomic E-state index is 0.00130. The fraction of sp³-hybridized carbons (Fsp3) is 0.278. The molecule has 2 aromatic heterocycles. The molecule has 0 saturated carbocycles. The Balaban J connectivity index is 1.76. The Labute approximate surface area is 150 Å². The lowest BCUT2D eigenvalue weighted by Gasteiger charge is -2.20. The standard InChI is InChI=1S/C18H19N5OS/c1-22-12-13-4-2-3-5-15(13)25-9-7-19-17(24)10-14-11-20-23-8-6-16(22)21-18(14)23/h2-6,8,11H,7,9-10,12H2,1H3,(H,19,24). The van der Waals surface area contributed by atoms with Crippen LogP contribution in [0.1, 0.15) is 11.1 Å². The van der Waals surface area contributed by atoms with Crippen molar-refractivity contribution in [2.75, 3.05) is 24.2 Å². The summed E-state index contributed by atoms with van der Waals surface area (Å²) in [6.07, 6.45) is 3.91. The molecule has 0 radical (unpaired) electrons. The molecule has 1 aliphatic rings. The van der Waals surface area contributed by atoms with E-state index in [0.717, 1.165) is 29.3 Å². The quantitative estimate of drug-likeness (QED) is 0.671. The van der Waals surface area contributed by atoms with Crippen molar-refractivity contribution in [3.05, 3.63) is 53.9 Å². The fourth-order valence-corrected chi connectivity index (χ4v) is 3.86. The van der Waals surface area contributed by atoms with Crippen LogP contribution >= 0.6 is 11.8 Å². The van der Waals surface area contributed by atoms with E-state index in [2.05, 4.69) is 39.6 Å². The van der Waals surface area contributed by atoms with E-state index in [-0.39, 0.29) is 5.91 Å². The van der Waals surface area contributed by atoms with E-state index in [1.54, 1.807) is 22.5 Å². The average Bonchev–Trinajstić information content (AvgIpc) is 3.01. The van der Waals surface area contributed by atoms with Crippen LogP contribution in [0, 0.1) is 0 Å². The lowest BCUT2D eigenvalue weighted by Crippen LogP contribution is -2.27. The molecule has 1 amide bonds. The molecule has 0 atom stereocenters. The summed E-state index contributed by atoms with van der Waals surface area (Å²) in [5.41, 5.74) is 2.84. The van der Waals surface area contributed by atoms with Crippen LogP contribution in [0.15, 0.2) is 47.6 Å². The van der Waals surface area contributed by atoms with Gasteiger partial charge in [-0.2, -0.15) is 5.10 Å². The molecule has 2 bridgehead atoms. The Hall–Kier alpha value is -2.54. The number of nitrogens with zero attached hydrogens (tertiary/aromatic N) is 4. The van der Waals surface area contributed by atoms with Crippen molar-refractivity contribution in [3.63, 3.8) is 0 Å². The Bertz CT molecular complexity index is 923. The van der Waals surface area contributed by atoms with Gasteiger partial charge in [-0.3, -0.25) is 4.79 Å². The van der Waals surface area contributed by atoms with Crippen LogP contribution in [0.5, 0.6) is 0 Å². The van der Waals surface area contributed by atoms with Crippen molar-refractivity contribution in [2.45, 2.75) is 17.9 Å². The lowest BCUT2D eigenvalue weighted by molar-refractivity contribution is -0.120. The molecule has 0 spiro atoms. The largest absolute Gasteiger partial charge is 0.355 e. The van der Waals surface area contributed by atoms with E-state index in [0.29, 0.717) is 13.0 Å². The normalized spacial score (nSPS) is 15.7. The first-order valence-corrected chi connectivity index (χ1v) is 9.21. The summed E-state index contributed by atoms with van der Waals surface area (Å²) in [6.45, 7) is 1.42. The number of hydrogen-bond donors (Lipinski definition) is 1. The minimum Gasteiger partial charge on any atom is -0.355 e. The summed E-state index contributed by atoms with van der Waals surface area (Å²) in [5.74, 6) is 1.72. The van der Waals surface area contributed by atoms with Gasteiger partial charge in [-0.25, -0.2) is 9.50 Å². The SMILES string of the molecule is CN1Cc2ccccc2SCCNC(=O)Cc2cnn3ccc1nc23. The number of amides is 1. The molecule has 0 fully saturated rings. The minimum atomic E-state index is 0.00130. The molecule has 4 rings (SSSR count). The smallest absolute Gasteiger partial charge is 0.224 e. The second-order valence-corrected chi connectivity index (χ2v) is 7.20. The fourth-order valence-electron chi connectivity index (χ4n) is 2.94. The van der Waals surface area contributed by atoms with Crippen molar-refractivity contribution in [1.82, 2.24) is 19.9 Å². The number of aromatic nitrogens is 3. The zero-order valence-electron chi connectivity index (χ0n) is 14.0. The molecule has 128 valence electrons. The number of thioether (sulfide) groups is 1. The van der Waals surface area contributed by atoms with Crippen LogP contribution in [-0.2, 0) is 17.8 Å². The average molecular weight is 353 g/mol. The van der Waals surface area contributed by atoms with Gasteiger partial charge in [0.2, 0.25) is 5.91 Å². The maximum absolute atomic E-state index is 12.2. The van der Waals surface area contributed by atoms with Crippen molar-refractivity contribution in [1.29, 1.82) is 0 Å². The zero-order valence-corrected chi connectivity index (χ0v) is 14.8. The van der Waals surface area contributed by atoms with Crippen molar-refractivity contribution >= 4 is 29.1 Å². The number of anilines is 1. The topological polar surface area (TPSA) is 62.5 Å². The molecular formula is C18H19N5OS. The number of rotatable bonds is 0. The molecule has 6 nitrogen and oxygen atoms in total. The second kappa shape index (κ2) is 6.76. The number of hydrogen-bond acceptors (Lipinski definition) is 5. The van der Waals surface area contributed by atoms with Gasteiger partial charge in [0.15, 0.2) is 5.65 Å². The Kier molecular flexibility index (Phi) is 4.31. The molecule has 1 aliphatic heterocycles. The number of carbonyl (C=O) groups is 1. The first-order chi connectivity index (χ1) is 12.2. The van der Waals surface area contributed by atoms with Gasteiger partial charge in [0.1, 0.15) is 5.82 Å². The third kappa shape index (κ3) is 3.32. The first kappa shape index (κ1) is 16.0. The van der Waals surface area contributed by atoms with Gasteiger partial charge in [-0.15, -0.1) is 11.8 Å². The Morgan fingerprint density at radius 2 is 2.08 bits per heavy atom. The summed E-state index contributed by atoms with van der Waals surface area (Å²) in [5, 5.41) is 7.28. The monoisotopic (exact) mass is 353 g/mol. The van der Waals surface area contributed by atoms with Crippen LogP contribution in [0.4, 0.5) is 5.82 Å². The van der Waals surface area contributed by atoms with E-state index in [4.69, 9.17) is 4.98 Å².